The SMILES string of the molecule is O=C(NN=Cc1cc(Cl)cc([N+](=O)[O-])c1O)c1ccc(Cl)cc1. The average molecular weight is 354 g/mol. The Labute approximate surface area is 140 Å². The van der Waals surface area contributed by atoms with Crippen LogP contribution in [-0.2, 0) is 0 Å². The highest BCUT2D eigenvalue weighted by molar-refractivity contribution is 6.31. The van der Waals surface area contributed by atoms with Crippen LogP contribution in [0.25, 0.3) is 0 Å². The second-order valence-electron chi connectivity index (χ2n) is 4.33. The number of carbonyl (C=O) groups is 1. The fraction of sp³-hybridized carbons (Fsp3) is 0. The van der Waals surface area contributed by atoms with E-state index in [0.717, 1.165) is 12.3 Å². The lowest BCUT2D eigenvalue weighted by atomic mass is 10.2. The molecule has 2 aromatic rings. The third kappa shape index (κ3) is 4.18. The highest BCUT2D eigenvalue weighted by Crippen LogP contribution is 2.32. The van der Waals surface area contributed by atoms with Crippen molar-refractivity contribution in [1.29, 1.82) is 0 Å². The maximum absolute atomic E-state index is 11.8. The molecule has 0 radical (unpaired) electrons. The molecule has 1 amide bonds. The molecule has 9 heteroatoms. The number of nitrogens with zero attached hydrogens (tertiary/aromatic N) is 2. The maximum Gasteiger partial charge on any atom is 0.312 e. The molecule has 0 aliphatic carbocycles. The molecule has 0 atom stereocenters. The molecule has 0 heterocycles. The monoisotopic (exact) mass is 353 g/mol. The minimum atomic E-state index is -0.773. The highest BCUT2D eigenvalue weighted by atomic mass is 35.5. The summed E-state index contributed by atoms with van der Waals surface area (Å²) in [5, 5.41) is 24.7. The molecule has 0 saturated carbocycles. The molecule has 0 aliphatic rings. The number of phenolic OH excluding ortho intramolecular Hbond substituents is 1. The summed E-state index contributed by atoms with van der Waals surface area (Å²) >= 11 is 11.5. The van der Waals surface area contributed by atoms with Gasteiger partial charge in [0.15, 0.2) is 0 Å². The van der Waals surface area contributed by atoms with Crippen molar-refractivity contribution in [1.82, 2.24) is 5.43 Å². The Kier molecular flexibility index (Phi) is 5.15. The first-order valence-corrected chi connectivity index (χ1v) is 6.90. The molecule has 0 spiro atoms. The van der Waals surface area contributed by atoms with Crippen molar-refractivity contribution in [2.45, 2.75) is 0 Å². The maximum atomic E-state index is 11.8. The number of hydrogen-bond donors (Lipinski definition) is 2. The quantitative estimate of drug-likeness (QED) is 0.499. The van der Waals surface area contributed by atoms with Crippen molar-refractivity contribution in [3.63, 3.8) is 0 Å². The number of nitro benzene ring substituents is 1. The highest BCUT2D eigenvalue weighted by Gasteiger charge is 2.17. The molecule has 2 rings (SSSR count). The Bertz CT molecular complexity index is 791. The van der Waals surface area contributed by atoms with Crippen molar-refractivity contribution in [2.75, 3.05) is 0 Å². The van der Waals surface area contributed by atoms with Gasteiger partial charge >= 0.3 is 5.69 Å². The third-order valence-electron chi connectivity index (χ3n) is 2.76. The summed E-state index contributed by atoms with van der Waals surface area (Å²) < 4.78 is 0. The standard InChI is InChI=1S/C14H9Cl2N3O4/c15-10-3-1-8(2-4-10)14(21)18-17-7-9-5-11(16)6-12(13(9)20)19(22)23/h1-7,20H,(H,18,21). The third-order valence-corrected chi connectivity index (χ3v) is 3.23. The molecule has 2 aromatic carbocycles. The zero-order valence-electron chi connectivity index (χ0n) is 11.4. The van der Waals surface area contributed by atoms with Crippen molar-refractivity contribution in [3.8, 4) is 5.75 Å². The number of nitrogens with one attached hydrogen (secondary N) is 1. The Morgan fingerprint density at radius 2 is 1.87 bits per heavy atom. The summed E-state index contributed by atoms with van der Waals surface area (Å²) in [6.45, 7) is 0. The van der Waals surface area contributed by atoms with E-state index < -0.39 is 22.3 Å². The lowest BCUT2D eigenvalue weighted by Crippen LogP contribution is -2.17. The van der Waals surface area contributed by atoms with Gasteiger partial charge in [-0.25, -0.2) is 5.43 Å². The van der Waals surface area contributed by atoms with E-state index in [1.807, 2.05) is 0 Å². The van der Waals surface area contributed by atoms with E-state index in [-0.39, 0.29) is 10.6 Å². The van der Waals surface area contributed by atoms with Gasteiger partial charge in [0.2, 0.25) is 5.75 Å². The van der Waals surface area contributed by atoms with Crippen molar-refractivity contribution in [3.05, 3.63) is 67.7 Å². The van der Waals surface area contributed by atoms with Gasteiger partial charge in [-0.3, -0.25) is 14.9 Å². The Hall–Kier alpha value is -2.64. The first-order valence-electron chi connectivity index (χ1n) is 6.14. The van der Waals surface area contributed by atoms with Gasteiger partial charge in [0.1, 0.15) is 0 Å². The van der Waals surface area contributed by atoms with E-state index in [0.29, 0.717) is 10.6 Å². The predicted molar refractivity (Wildman–Crippen MR) is 86.3 cm³/mol. The van der Waals surface area contributed by atoms with Gasteiger partial charge in [0.05, 0.1) is 11.1 Å². The lowest BCUT2D eigenvalue weighted by molar-refractivity contribution is -0.385. The zero-order valence-corrected chi connectivity index (χ0v) is 12.9. The van der Waals surface area contributed by atoms with E-state index >= 15 is 0 Å². The van der Waals surface area contributed by atoms with Crippen LogP contribution in [0.2, 0.25) is 10.0 Å². The van der Waals surface area contributed by atoms with Gasteiger partial charge in [-0.2, -0.15) is 5.10 Å². The van der Waals surface area contributed by atoms with Crippen molar-refractivity contribution in [2.24, 2.45) is 5.10 Å². The number of hydrazone groups is 1. The van der Waals surface area contributed by atoms with E-state index in [1.54, 1.807) is 12.1 Å². The van der Waals surface area contributed by atoms with Crippen LogP contribution in [0.3, 0.4) is 0 Å². The summed E-state index contributed by atoms with van der Waals surface area (Å²) in [6.07, 6.45) is 1.06. The number of carbonyl (C=O) groups excluding carboxylic acids is 1. The van der Waals surface area contributed by atoms with E-state index in [1.165, 1.54) is 18.2 Å². The van der Waals surface area contributed by atoms with E-state index in [4.69, 9.17) is 23.2 Å². The lowest BCUT2D eigenvalue weighted by Gasteiger charge is -2.02. The Morgan fingerprint density at radius 1 is 1.22 bits per heavy atom. The first-order chi connectivity index (χ1) is 10.9. The molecular formula is C14H9Cl2N3O4. The van der Waals surface area contributed by atoms with Crippen LogP contribution in [0.5, 0.6) is 5.75 Å². The molecule has 2 N–H and O–H groups in total. The normalized spacial score (nSPS) is 10.7. The van der Waals surface area contributed by atoms with Crippen LogP contribution in [-0.4, -0.2) is 22.2 Å². The molecule has 23 heavy (non-hydrogen) atoms. The summed E-state index contributed by atoms with van der Waals surface area (Å²) in [5.41, 5.74) is 2.00. The number of phenols is 1. The molecule has 0 aliphatic heterocycles. The Balaban J connectivity index is 2.16. The molecule has 0 saturated heterocycles. The average Bonchev–Trinajstić information content (AvgIpc) is 2.50. The van der Waals surface area contributed by atoms with Crippen LogP contribution in [0, 0.1) is 10.1 Å². The summed E-state index contributed by atoms with van der Waals surface area (Å²) in [4.78, 5) is 21.8. The van der Waals surface area contributed by atoms with Gasteiger partial charge in [0.25, 0.3) is 5.91 Å². The molecule has 0 bridgehead atoms. The summed E-state index contributed by atoms with van der Waals surface area (Å²) in [6, 6.07) is 8.41. The van der Waals surface area contributed by atoms with Crippen LogP contribution in [0.4, 0.5) is 5.69 Å². The van der Waals surface area contributed by atoms with Crippen molar-refractivity contribution >= 4 is 41.0 Å². The number of amides is 1. The molecular weight excluding hydrogens is 345 g/mol. The van der Waals surface area contributed by atoms with Gasteiger partial charge < -0.3 is 5.11 Å². The van der Waals surface area contributed by atoms with Crippen LogP contribution >= 0.6 is 23.2 Å². The molecule has 118 valence electrons. The van der Waals surface area contributed by atoms with E-state index in [9.17, 15) is 20.0 Å². The number of halogens is 2. The van der Waals surface area contributed by atoms with Crippen LogP contribution < -0.4 is 5.43 Å². The largest absolute Gasteiger partial charge is 0.502 e. The van der Waals surface area contributed by atoms with Gasteiger partial charge in [0, 0.05) is 27.2 Å². The smallest absolute Gasteiger partial charge is 0.312 e. The van der Waals surface area contributed by atoms with Crippen molar-refractivity contribution < 1.29 is 14.8 Å². The Morgan fingerprint density at radius 3 is 2.48 bits per heavy atom. The second kappa shape index (κ2) is 7.08. The zero-order chi connectivity index (χ0) is 17.0. The second-order valence-corrected chi connectivity index (χ2v) is 5.20. The molecule has 0 unspecified atom stereocenters. The summed E-state index contributed by atoms with van der Waals surface area (Å²) in [5.74, 6) is -1.10. The number of rotatable bonds is 4. The van der Waals surface area contributed by atoms with Gasteiger partial charge in [-0.1, -0.05) is 23.2 Å². The minimum Gasteiger partial charge on any atom is -0.502 e. The molecule has 0 fully saturated rings. The minimum absolute atomic E-state index is 0.000561. The van der Waals surface area contributed by atoms with Gasteiger partial charge in [-0.05, 0) is 30.3 Å². The number of nitro groups is 1. The fourth-order valence-corrected chi connectivity index (χ4v) is 2.02. The fourth-order valence-electron chi connectivity index (χ4n) is 1.67. The van der Waals surface area contributed by atoms with Crippen LogP contribution in [0.1, 0.15) is 15.9 Å². The molecule has 0 aromatic heterocycles. The first kappa shape index (κ1) is 16.7. The number of aromatic hydroxyl groups is 1. The van der Waals surface area contributed by atoms with E-state index in [2.05, 4.69) is 10.5 Å². The summed E-state index contributed by atoms with van der Waals surface area (Å²) in [7, 11) is 0. The number of benzene rings is 2. The van der Waals surface area contributed by atoms with Crippen LogP contribution in [0.15, 0.2) is 41.5 Å². The van der Waals surface area contributed by atoms with Gasteiger partial charge in [-0.15, -0.1) is 0 Å². The number of hydrogen-bond acceptors (Lipinski definition) is 5. The predicted octanol–water partition coefficient (Wildman–Crippen LogP) is 3.37. The molecule has 7 nitrogen and oxygen atoms in total. The topological polar surface area (TPSA) is 105 Å².